The van der Waals surface area contributed by atoms with Crippen LogP contribution in [0.5, 0.6) is 0 Å². The van der Waals surface area contributed by atoms with Gasteiger partial charge in [-0.05, 0) is 24.7 Å². The number of aromatic amines is 1. The summed E-state index contributed by atoms with van der Waals surface area (Å²) in [5.74, 6) is 0.927. The molecule has 0 unspecified atom stereocenters. The van der Waals surface area contributed by atoms with E-state index in [1.54, 1.807) is 12.5 Å². The predicted octanol–water partition coefficient (Wildman–Crippen LogP) is 2.60. The van der Waals surface area contributed by atoms with Crippen LogP contribution in [0.25, 0.3) is 11.0 Å². The van der Waals surface area contributed by atoms with E-state index in [0.717, 1.165) is 29.9 Å². The Bertz CT molecular complexity index is 690. The van der Waals surface area contributed by atoms with Crippen LogP contribution in [0.15, 0.2) is 12.5 Å². The minimum Gasteiger partial charge on any atom is -0.355 e. The lowest BCUT2D eigenvalue weighted by Gasteiger charge is -2.24. The number of hydrogen-bond donors (Lipinski definition) is 1. The molecule has 1 saturated carbocycles. The lowest BCUT2D eigenvalue weighted by atomic mass is 9.86. The summed E-state index contributed by atoms with van der Waals surface area (Å²) >= 11 is 0. The number of nitrogens with zero attached hydrogens (tertiary/aromatic N) is 4. The van der Waals surface area contributed by atoms with Crippen molar-refractivity contribution in [1.29, 1.82) is 5.26 Å². The Kier molecular flexibility index (Phi) is 2.46. The third-order valence-electron chi connectivity index (χ3n) is 4.97. The molecule has 0 atom stereocenters. The first-order valence-electron chi connectivity index (χ1n) is 7.28. The molecule has 0 amide bonds. The van der Waals surface area contributed by atoms with Crippen molar-refractivity contribution < 1.29 is 0 Å². The molecule has 0 bridgehead atoms. The second-order valence-corrected chi connectivity index (χ2v) is 6.11. The van der Waals surface area contributed by atoms with E-state index in [-0.39, 0.29) is 0 Å². The van der Waals surface area contributed by atoms with Gasteiger partial charge in [-0.25, -0.2) is 9.97 Å². The van der Waals surface area contributed by atoms with Gasteiger partial charge in [0.2, 0.25) is 0 Å². The van der Waals surface area contributed by atoms with Gasteiger partial charge in [-0.2, -0.15) is 5.26 Å². The molecule has 2 aromatic rings. The Balaban J connectivity index is 1.76. The normalized spacial score (nSPS) is 20.9. The van der Waals surface area contributed by atoms with Crippen LogP contribution in [-0.2, 0) is 0 Å². The Morgan fingerprint density at radius 1 is 1.25 bits per heavy atom. The topological polar surface area (TPSA) is 68.6 Å². The Labute approximate surface area is 117 Å². The van der Waals surface area contributed by atoms with Crippen molar-refractivity contribution in [3.8, 4) is 6.07 Å². The van der Waals surface area contributed by atoms with Gasteiger partial charge in [-0.1, -0.05) is 12.8 Å². The van der Waals surface area contributed by atoms with Crippen LogP contribution in [0.1, 0.15) is 37.7 Å². The molecule has 1 saturated heterocycles. The quantitative estimate of drug-likeness (QED) is 0.862. The van der Waals surface area contributed by atoms with E-state index in [4.69, 9.17) is 0 Å². The Morgan fingerprint density at radius 3 is 2.90 bits per heavy atom. The molecule has 5 heteroatoms. The first-order valence-corrected chi connectivity index (χ1v) is 7.28. The zero-order valence-corrected chi connectivity index (χ0v) is 11.4. The molecule has 1 aliphatic carbocycles. The standard InChI is InChI=1S/C15H17N5/c16-7-11-8-17-13-12(11)14(19-10-18-13)20-6-5-15(9-20)3-1-2-4-15/h8,10H,1-6,9H2,(H,17,18,19). The summed E-state index contributed by atoms with van der Waals surface area (Å²) in [7, 11) is 0. The van der Waals surface area contributed by atoms with Crippen molar-refractivity contribution in [2.24, 2.45) is 5.41 Å². The Hall–Kier alpha value is -2.09. The van der Waals surface area contributed by atoms with Gasteiger partial charge in [-0.15, -0.1) is 0 Å². The van der Waals surface area contributed by atoms with Crippen LogP contribution in [0.4, 0.5) is 5.82 Å². The van der Waals surface area contributed by atoms with Crippen LogP contribution in [0.2, 0.25) is 0 Å². The van der Waals surface area contributed by atoms with E-state index in [0.29, 0.717) is 11.0 Å². The van der Waals surface area contributed by atoms with Crippen LogP contribution in [0.3, 0.4) is 0 Å². The smallest absolute Gasteiger partial charge is 0.144 e. The molecular formula is C15H17N5. The van der Waals surface area contributed by atoms with Crippen molar-refractivity contribution >= 4 is 16.9 Å². The molecule has 20 heavy (non-hydrogen) atoms. The molecule has 2 aromatic heterocycles. The largest absolute Gasteiger partial charge is 0.355 e. The van der Waals surface area contributed by atoms with E-state index in [9.17, 15) is 5.26 Å². The molecule has 4 rings (SSSR count). The predicted molar refractivity (Wildman–Crippen MR) is 76.3 cm³/mol. The summed E-state index contributed by atoms with van der Waals surface area (Å²) in [6.07, 6.45) is 9.98. The van der Waals surface area contributed by atoms with Gasteiger partial charge in [0.25, 0.3) is 0 Å². The highest BCUT2D eigenvalue weighted by Gasteiger charge is 2.41. The summed E-state index contributed by atoms with van der Waals surface area (Å²) in [4.78, 5) is 14.1. The highest BCUT2D eigenvalue weighted by atomic mass is 15.2. The fourth-order valence-electron chi connectivity index (χ4n) is 3.92. The second-order valence-electron chi connectivity index (χ2n) is 6.11. The minimum atomic E-state index is 0.500. The van der Waals surface area contributed by atoms with Gasteiger partial charge < -0.3 is 9.88 Å². The maximum Gasteiger partial charge on any atom is 0.144 e. The molecule has 0 aromatic carbocycles. The molecule has 2 aliphatic rings. The zero-order chi connectivity index (χ0) is 13.6. The van der Waals surface area contributed by atoms with E-state index < -0.39 is 0 Å². The van der Waals surface area contributed by atoms with Crippen molar-refractivity contribution in [1.82, 2.24) is 15.0 Å². The molecule has 1 spiro atoms. The summed E-state index contributed by atoms with van der Waals surface area (Å²) < 4.78 is 0. The maximum atomic E-state index is 9.25. The zero-order valence-electron chi connectivity index (χ0n) is 11.4. The number of H-pyrrole nitrogens is 1. The van der Waals surface area contributed by atoms with Crippen molar-refractivity contribution in [2.75, 3.05) is 18.0 Å². The number of rotatable bonds is 1. The molecule has 1 aliphatic heterocycles. The fourth-order valence-corrected chi connectivity index (χ4v) is 3.92. The average molecular weight is 267 g/mol. The summed E-state index contributed by atoms with van der Waals surface area (Å²) in [5.41, 5.74) is 1.90. The van der Waals surface area contributed by atoms with Gasteiger partial charge in [0.05, 0.1) is 10.9 Å². The molecule has 0 radical (unpaired) electrons. The highest BCUT2D eigenvalue weighted by Crippen LogP contribution is 2.46. The van der Waals surface area contributed by atoms with Crippen LogP contribution in [0, 0.1) is 16.7 Å². The average Bonchev–Trinajstić information content (AvgIpc) is 3.20. The lowest BCUT2D eigenvalue weighted by molar-refractivity contribution is 0.340. The molecular weight excluding hydrogens is 250 g/mol. The number of nitrogens with one attached hydrogen (secondary N) is 1. The SMILES string of the molecule is N#Cc1c[nH]c2ncnc(N3CCC4(CCCC4)C3)c12. The monoisotopic (exact) mass is 267 g/mol. The molecule has 5 nitrogen and oxygen atoms in total. The van der Waals surface area contributed by atoms with Gasteiger partial charge in [0, 0.05) is 19.3 Å². The maximum absolute atomic E-state index is 9.25. The molecule has 1 N–H and O–H groups in total. The van der Waals surface area contributed by atoms with Crippen molar-refractivity contribution in [2.45, 2.75) is 32.1 Å². The summed E-state index contributed by atoms with van der Waals surface area (Å²) in [6, 6.07) is 2.24. The number of nitriles is 1. The van der Waals surface area contributed by atoms with Gasteiger partial charge >= 0.3 is 0 Å². The van der Waals surface area contributed by atoms with Crippen molar-refractivity contribution in [3.63, 3.8) is 0 Å². The third-order valence-corrected chi connectivity index (χ3v) is 4.97. The van der Waals surface area contributed by atoms with Gasteiger partial charge in [0.15, 0.2) is 0 Å². The first kappa shape index (κ1) is 11.7. The first-order chi connectivity index (χ1) is 9.81. The Morgan fingerprint density at radius 2 is 2.10 bits per heavy atom. The highest BCUT2D eigenvalue weighted by molar-refractivity contribution is 5.92. The summed E-state index contributed by atoms with van der Waals surface area (Å²) in [6.45, 7) is 2.12. The van der Waals surface area contributed by atoms with E-state index in [2.05, 4.69) is 25.9 Å². The van der Waals surface area contributed by atoms with Gasteiger partial charge in [0.1, 0.15) is 23.9 Å². The van der Waals surface area contributed by atoms with Crippen LogP contribution >= 0.6 is 0 Å². The molecule has 3 heterocycles. The van der Waals surface area contributed by atoms with E-state index in [1.807, 2.05) is 0 Å². The second kappa shape index (κ2) is 4.20. The lowest BCUT2D eigenvalue weighted by Crippen LogP contribution is -2.25. The number of fused-ring (bicyclic) bond motifs is 1. The van der Waals surface area contributed by atoms with Crippen LogP contribution < -0.4 is 4.90 Å². The summed E-state index contributed by atoms with van der Waals surface area (Å²) in [5, 5.41) is 10.1. The van der Waals surface area contributed by atoms with Crippen LogP contribution in [-0.4, -0.2) is 28.0 Å². The van der Waals surface area contributed by atoms with E-state index >= 15 is 0 Å². The van der Waals surface area contributed by atoms with Crippen molar-refractivity contribution in [3.05, 3.63) is 18.1 Å². The third kappa shape index (κ3) is 1.61. The van der Waals surface area contributed by atoms with Gasteiger partial charge in [-0.3, -0.25) is 0 Å². The number of aromatic nitrogens is 3. The fraction of sp³-hybridized carbons (Fsp3) is 0.533. The molecule has 2 fully saturated rings. The number of anilines is 1. The number of hydrogen-bond acceptors (Lipinski definition) is 4. The minimum absolute atomic E-state index is 0.500. The molecule has 102 valence electrons. The van der Waals surface area contributed by atoms with E-state index in [1.165, 1.54) is 32.1 Å².